The normalized spacial score (nSPS) is 19.7. The summed E-state index contributed by atoms with van der Waals surface area (Å²) < 4.78 is 44.6. The number of rotatable bonds is 4. The molecule has 8 heteroatoms. The second-order valence-corrected chi connectivity index (χ2v) is 7.31. The number of nitrogens with zero attached hydrogens (tertiary/aromatic N) is 1. The largest absolute Gasteiger partial charge is 0.465 e. The molecule has 1 unspecified atom stereocenters. The molecule has 0 aliphatic carbocycles. The summed E-state index contributed by atoms with van der Waals surface area (Å²) in [4.78, 5) is 11.8. The molecule has 2 rings (SSSR count). The Bertz CT molecular complexity index is 650. The van der Waals surface area contributed by atoms with Crippen molar-refractivity contribution in [3.05, 3.63) is 28.5 Å². The Hall–Kier alpha value is -0.990. The number of hydrogen-bond acceptors (Lipinski definition) is 4. The van der Waals surface area contributed by atoms with Crippen LogP contribution in [0.3, 0.4) is 0 Å². The van der Waals surface area contributed by atoms with Gasteiger partial charge in [-0.15, -0.1) is 0 Å². The minimum atomic E-state index is -3.88. The minimum Gasteiger partial charge on any atom is -0.465 e. The number of sulfonamides is 1. The van der Waals surface area contributed by atoms with Crippen LogP contribution in [0.5, 0.6) is 0 Å². The van der Waals surface area contributed by atoms with Crippen LogP contribution in [0.1, 0.15) is 19.8 Å². The molecule has 0 N–H and O–H groups in total. The van der Waals surface area contributed by atoms with Gasteiger partial charge < -0.3 is 4.74 Å². The summed E-state index contributed by atoms with van der Waals surface area (Å²) in [6.07, 6.45) is 1.01. The maximum Gasteiger partial charge on any atom is 0.324 e. The number of hydrogen-bond donors (Lipinski definition) is 0. The fourth-order valence-corrected chi connectivity index (χ4v) is 4.97. The lowest BCUT2D eigenvalue weighted by molar-refractivity contribution is -0.146. The predicted octanol–water partition coefficient (Wildman–Crippen LogP) is 2.30. The minimum absolute atomic E-state index is 0.0555. The van der Waals surface area contributed by atoms with Crippen LogP contribution in [0.2, 0.25) is 0 Å². The highest BCUT2D eigenvalue weighted by Crippen LogP contribution is 2.31. The van der Waals surface area contributed by atoms with Crippen LogP contribution in [0, 0.1) is 5.82 Å². The van der Waals surface area contributed by atoms with Gasteiger partial charge in [0.1, 0.15) is 11.9 Å². The molecular weight excluding hydrogens is 365 g/mol. The molecule has 1 aromatic rings. The van der Waals surface area contributed by atoms with E-state index < -0.39 is 27.9 Å². The number of benzene rings is 1. The Morgan fingerprint density at radius 1 is 1.52 bits per heavy atom. The lowest BCUT2D eigenvalue weighted by Gasteiger charge is -2.23. The van der Waals surface area contributed by atoms with Gasteiger partial charge >= 0.3 is 5.97 Å². The van der Waals surface area contributed by atoms with Crippen molar-refractivity contribution in [1.29, 1.82) is 0 Å². The van der Waals surface area contributed by atoms with E-state index in [1.165, 1.54) is 6.07 Å². The quantitative estimate of drug-likeness (QED) is 0.752. The van der Waals surface area contributed by atoms with Crippen molar-refractivity contribution in [2.75, 3.05) is 13.2 Å². The molecule has 1 saturated heterocycles. The van der Waals surface area contributed by atoms with Crippen LogP contribution >= 0.6 is 15.9 Å². The first-order chi connectivity index (χ1) is 9.87. The van der Waals surface area contributed by atoms with Crippen LogP contribution < -0.4 is 0 Å². The van der Waals surface area contributed by atoms with Crippen molar-refractivity contribution in [1.82, 2.24) is 4.31 Å². The van der Waals surface area contributed by atoms with E-state index in [0.29, 0.717) is 12.8 Å². The smallest absolute Gasteiger partial charge is 0.324 e. The SMILES string of the molecule is CCOC(=O)C1CCCN1S(=O)(=O)c1ccc(F)cc1Br. The average molecular weight is 380 g/mol. The van der Waals surface area contributed by atoms with E-state index in [-0.39, 0.29) is 22.5 Å². The van der Waals surface area contributed by atoms with Gasteiger partial charge in [0.2, 0.25) is 10.0 Å². The summed E-state index contributed by atoms with van der Waals surface area (Å²) in [7, 11) is -3.88. The van der Waals surface area contributed by atoms with Gasteiger partial charge in [0.05, 0.1) is 11.5 Å². The van der Waals surface area contributed by atoms with Gasteiger partial charge in [-0.1, -0.05) is 0 Å². The lowest BCUT2D eigenvalue weighted by Crippen LogP contribution is -2.41. The summed E-state index contributed by atoms with van der Waals surface area (Å²) in [5.74, 6) is -1.08. The van der Waals surface area contributed by atoms with Crippen LogP contribution in [-0.2, 0) is 19.6 Å². The number of carbonyl (C=O) groups is 1. The first-order valence-corrected chi connectivity index (χ1v) is 8.74. The van der Waals surface area contributed by atoms with Crippen molar-refractivity contribution in [2.24, 2.45) is 0 Å². The summed E-state index contributed by atoms with van der Waals surface area (Å²) in [6, 6.07) is 2.54. The van der Waals surface area contributed by atoms with E-state index in [1.54, 1.807) is 6.92 Å². The molecule has 1 fully saturated rings. The van der Waals surface area contributed by atoms with Crippen molar-refractivity contribution in [3.63, 3.8) is 0 Å². The highest BCUT2D eigenvalue weighted by Gasteiger charge is 2.40. The molecule has 116 valence electrons. The summed E-state index contributed by atoms with van der Waals surface area (Å²) in [5, 5.41) is 0. The molecule has 0 saturated carbocycles. The van der Waals surface area contributed by atoms with E-state index in [2.05, 4.69) is 15.9 Å². The van der Waals surface area contributed by atoms with Crippen LogP contribution in [-0.4, -0.2) is 37.9 Å². The second-order valence-electron chi connectivity index (χ2n) is 4.60. The lowest BCUT2D eigenvalue weighted by atomic mass is 10.2. The molecule has 0 aromatic heterocycles. The Labute approximate surface area is 131 Å². The third-order valence-electron chi connectivity index (χ3n) is 3.24. The third kappa shape index (κ3) is 3.27. The molecule has 1 aliphatic heterocycles. The Morgan fingerprint density at radius 3 is 2.86 bits per heavy atom. The molecule has 1 aliphatic rings. The van der Waals surface area contributed by atoms with E-state index in [1.807, 2.05) is 0 Å². The maximum absolute atomic E-state index is 13.1. The summed E-state index contributed by atoms with van der Waals surface area (Å²) >= 11 is 3.06. The van der Waals surface area contributed by atoms with Crippen molar-refractivity contribution >= 4 is 31.9 Å². The number of carbonyl (C=O) groups excluding carboxylic acids is 1. The fraction of sp³-hybridized carbons (Fsp3) is 0.462. The molecule has 1 aromatic carbocycles. The number of ether oxygens (including phenoxy) is 1. The van der Waals surface area contributed by atoms with Crippen LogP contribution in [0.4, 0.5) is 4.39 Å². The van der Waals surface area contributed by atoms with Gasteiger partial charge in [-0.2, -0.15) is 4.31 Å². The Balaban J connectivity index is 2.36. The van der Waals surface area contributed by atoms with Gasteiger partial charge in [0.15, 0.2) is 0 Å². The molecule has 5 nitrogen and oxygen atoms in total. The van der Waals surface area contributed by atoms with Crippen molar-refractivity contribution in [2.45, 2.75) is 30.7 Å². The molecule has 0 bridgehead atoms. The van der Waals surface area contributed by atoms with Gasteiger partial charge in [-0.25, -0.2) is 12.8 Å². The predicted molar refractivity (Wildman–Crippen MR) is 77.6 cm³/mol. The molecule has 0 amide bonds. The van der Waals surface area contributed by atoms with Gasteiger partial charge in [0.25, 0.3) is 0 Å². The standard InChI is InChI=1S/C13H15BrFNO4S/c1-2-20-13(17)11-4-3-7-16(11)21(18,19)12-6-5-9(15)8-10(12)14/h5-6,8,11H,2-4,7H2,1H3. The highest BCUT2D eigenvalue weighted by atomic mass is 79.9. The zero-order chi connectivity index (χ0) is 15.6. The summed E-state index contributed by atoms with van der Waals surface area (Å²) in [6.45, 7) is 2.11. The monoisotopic (exact) mass is 379 g/mol. The molecule has 1 heterocycles. The van der Waals surface area contributed by atoms with Gasteiger partial charge in [-0.3, -0.25) is 4.79 Å². The summed E-state index contributed by atoms with van der Waals surface area (Å²) in [5.41, 5.74) is 0. The average Bonchev–Trinajstić information content (AvgIpc) is 2.88. The Kier molecular flexibility index (Phi) is 5.00. The molecule has 1 atom stereocenters. The molecule has 0 radical (unpaired) electrons. The Morgan fingerprint density at radius 2 is 2.24 bits per heavy atom. The zero-order valence-corrected chi connectivity index (χ0v) is 13.8. The van der Waals surface area contributed by atoms with Crippen molar-refractivity contribution < 1.29 is 22.3 Å². The van der Waals surface area contributed by atoms with Crippen molar-refractivity contribution in [3.8, 4) is 0 Å². The maximum atomic E-state index is 13.1. The molecule has 21 heavy (non-hydrogen) atoms. The second kappa shape index (κ2) is 6.41. The van der Waals surface area contributed by atoms with E-state index in [4.69, 9.17) is 4.74 Å². The van der Waals surface area contributed by atoms with E-state index >= 15 is 0 Å². The number of esters is 1. The van der Waals surface area contributed by atoms with Crippen LogP contribution in [0.15, 0.2) is 27.6 Å². The third-order valence-corrected chi connectivity index (χ3v) is 6.13. The van der Waals surface area contributed by atoms with Crippen LogP contribution in [0.25, 0.3) is 0 Å². The molecule has 0 spiro atoms. The molecular formula is C13H15BrFNO4S. The van der Waals surface area contributed by atoms with Gasteiger partial charge in [0, 0.05) is 11.0 Å². The van der Waals surface area contributed by atoms with Gasteiger partial charge in [-0.05, 0) is 53.9 Å². The highest BCUT2D eigenvalue weighted by molar-refractivity contribution is 9.10. The topological polar surface area (TPSA) is 63.7 Å². The first-order valence-electron chi connectivity index (χ1n) is 6.51. The van der Waals surface area contributed by atoms with E-state index in [0.717, 1.165) is 16.4 Å². The zero-order valence-electron chi connectivity index (χ0n) is 11.4. The first kappa shape index (κ1) is 16.4. The van der Waals surface area contributed by atoms with E-state index in [9.17, 15) is 17.6 Å². The number of halogens is 2. The fourth-order valence-electron chi connectivity index (χ4n) is 2.31.